The first kappa shape index (κ1) is 16.6. The van der Waals surface area contributed by atoms with Crippen molar-refractivity contribution in [3.8, 4) is 5.82 Å². The molecule has 8 nitrogen and oxygen atoms in total. The van der Waals surface area contributed by atoms with Gasteiger partial charge in [0.05, 0.1) is 17.5 Å². The zero-order chi connectivity index (χ0) is 17.8. The van der Waals surface area contributed by atoms with E-state index in [9.17, 15) is 14.7 Å². The molecule has 0 aliphatic heterocycles. The van der Waals surface area contributed by atoms with Crippen LogP contribution in [0, 0.1) is 6.92 Å². The first-order valence-corrected chi connectivity index (χ1v) is 7.68. The number of hydrogen-bond donors (Lipinski definition) is 3. The molecular weight excluding hydrogens is 322 g/mol. The van der Waals surface area contributed by atoms with Gasteiger partial charge in [0.1, 0.15) is 6.10 Å². The van der Waals surface area contributed by atoms with Crippen molar-refractivity contribution < 1.29 is 9.90 Å². The second kappa shape index (κ2) is 7.10. The van der Waals surface area contributed by atoms with Crippen LogP contribution in [-0.4, -0.2) is 37.3 Å². The van der Waals surface area contributed by atoms with Crippen molar-refractivity contribution in [2.24, 2.45) is 0 Å². The Labute approximate surface area is 143 Å². The van der Waals surface area contributed by atoms with Crippen LogP contribution in [0.2, 0.25) is 0 Å². The fraction of sp³-hybridized carbons (Fsp3) is 0.176. The highest BCUT2D eigenvalue weighted by atomic mass is 16.3. The number of aromatic nitrogens is 4. The molecule has 0 fully saturated rings. The molecule has 0 saturated carbocycles. The number of nitrogens with one attached hydrogen (secondary N) is 2. The van der Waals surface area contributed by atoms with Crippen molar-refractivity contribution in [1.29, 1.82) is 0 Å². The summed E-state index contributed by atoms with van der Waals surface area (Å²) in [5.41, 5.74) is 1.06. The van der Waals surface area contributed by atoms with E-state index < -0.39 is 6.10 Å². The lowest BCUT2D eigenvalue weighted by Crippen LogP contribution is -2.29. The molecular formula is C17H17N5O3. The van der Waals surface area contributed by atoms with E-state index in [-0.39, 0.29) is 18.0 Å². The summed E-state index contributed by atoms with van der Waals surface area (Å²) >= 11 is 0. The summed E-state index contributed by atoms with van der Waals surface area (Å²) in [6, 6.07) is 9.90. The number of carbonyl (C=O) groups is 1. The molecule has 1 amide bonds. The molecule has 3 N–H and O–H groups in total. The number of nitrogens with zero attached hydrogens (tertiary/aromatic N) is 3. The lowest BCUT2D eigenvalue weighted by molar-refractivity contribution is 0.0913. The molecule has 3 aromatic rings. The Morgan fingerprint density at radius 1 is 1.32 bits per heavy atom. The van der Waals surface area contributed by atoms with E-state index in [0.29, 0.717) is 22.8 Å². The monoisotopic (exact) mass is 339 g/mol. The van der Waals surface area contributed by atoms with Gasteiger partial charge in [0, 0.05) is 24.5 Å². The van der Waals surface area contributed by atoms with Crippen LogP contribution in [0.5, 0.6) is 0 Å². The van der Waals surface area contributed by atoms with E-state index in [2.05, 4.69) is 20.4 Å². The maximum absolute atomic E-state index is 12.3. The minimum absolute atomic E-state index is 0.0347. The first-order chi connectivity index (χ1) is 12.1. The SMILES string of the molecule is Cc1c(C(=O)NCC(O)c2cccc(=O)[nH]2)cnn1-c1ccccn1. The molecule has 0 radical (unpaired) electrons. The second-order valence-electron chi connectivity index (χ2n) is 5.44. The largest absolute Gasteiger partial charge is 0.385 e. The summed E-state index contributed by atoms with van der Waals surface area (Å²) in [4.78, 5) is 30.3. The quantitative estimate of drug-likeness (QED) is 0.634. The molecule has 1 atom stereocenters. The Hall–Kier alpha value is -3.26. The van der Waals surface area contributed by atoms with Gasteiger partial charge in [-0.25, -0.2) is 9.67 Å². The number of aromatic amines is 1. The molecule has 3 aromatic heterocycles. The van der Waals surface area contributed by atoms with Crippen molar-refractivity contribution in [2.45, 2.75) is 13.0 Å². The smallest absolute Gasteiger partial charge is 0.254 e. The van der Waals surface area contributed by atoms with E-state index in [4.69, 9.17) is 0 Å². The summed E-state index contributed by atoms with van der Waals surface area (Å²) < 4.78 is 1.57. The Bertz CT molecular complexity index is 933. The van der Waals surface area contributed by atoms with E-state index >= 15 is 0 Å². The summed E-state index contributed by atoms with van der Waals surface area (Å²) in [6.45, 7) is 1.73. The van der Waals surface area contributed by atoms with Crippen molar-refractivity contribution >= 4 is 5.91 Å². The molecule has 0 aromatic carbocycles. The molecule has 3 rings (SSSR count). The van der Waals surface area contributed by atoms with Crippen LogP contribution in [0.3, 0.4) is 0 Å². The average Bonchev–Trinajstić information content (AvgIpc) is 3.01. The Balaban J connectivity index is 1.70. The third kappa shape index (κ3) is 3.64. The number of pyridine rings is 2. The zero-order valence-electron chi connectivity index (χ0n) is 13.5. The molecule has 128 valence electrons. The molecule has 8 heteroatoms. The van der Waals surface area contributed by atoms with Crippen molar-refractivity contribution in [2.75, 3.05) is 6.54 Å². The molecule has 0 aliphatic rings. The lowest BCUT2D eigenvalue weighted by atomic mass is 10.2. The zero-order valence-corrected chi connectivity index (χ0v) is 13.5. The lowest BCUT2D eigenvalue weighted by Gasteiger charge is -2.11. The van der Waals surface area contributed by atoms with Crippen LogP contribution in [0.1, 0.15) is 27.8 Å². The maximum Gasteiger partial charge on any atom is 0.254 e. The Morgan fingerprint density at radius 2 is 2.16 bits per heavy atom. The van der Waals surface area contributed by atoms with Gasteiger partial charge in [-0.1, -0.05) is 12.1 Å². The van der Waals surface area contributed by atoms with E-state index in [1.165, 1.54) is 12.3 Å². The summed E-state index contributed by atoms with van der Waals surface area (Å²) in [5, 5.41) is 16.9. The summed E-state index contributed by atoms with van der Waals surface area (Å²) in [5.74, 6) is 0.248. The van der Waals surface area contributed by atoms with Crippen LogP contribution < -0.4 is 10.9 Å². The highest BCUT2D eigenvalue weighted by Gasteiger charge is 2.17. The van der Waals surface area contributed by atoms with Gasteiger partial charge in [-0.05, 0) is 25.1 Å². The number of H-pyrrole nitrogens is 1. The number of aliphatic hydroxyl groups is 1. The molecule has 0 saturated heterocycles. The van der Waals surface area contributed by atoms with Gasteiger partial charge in [-0.2, -0.15) is 5.10 Å². The van der Waals surface area contributed by atoms with E-state index in [1.807, 2.05) is 6.07 Å². The standard InChI is InChI=1S/C17H17N5O3/c1-11-12(9-20-22(11)15-6-2-3-8-18-15)17(25)19-10-14(23)13-5-4-7-16(24)21-13/h2-9,14,23H,10H2,1H3,(H,19,25)(H,21,24). The fourth-order valence-electron chi connectivity index (χ4n) is 2.40. The number of hydrogen-bond acceptors (Lipinski definition) is 5. The molecule has 0 bridgehead atoms. The molecule has 0 aliphatic carbocycles. The highest BCUT2D eigenvalue weighted by Crippen LogP contribution is 2.12. The fourth-order valence-corrected chi connectivity index (χ4v) is 2.40. The highest BCUT2D eigenvalue weighted by molar-refractivity contribution is 5.95. The van der Waals surface area contributed by atoms with Crippen molar-refractivity contribution in [3.63, 3.8) is 0 Å². The molecule has 1 unspecified atom stereocenters. The van der Waals surface area contributed by atoms with E-state index in [0.717, 1.165) is 0 Å². The van der Waals surface area contributed by atoms with Gasteiger partial charge in [0.2, 0.25) is 5.56 Å². The predicted octanol–water partition coefficient (Wildman–Crippen LogP) is 0.727. The molecule has 0 spiro atoms. The third-order valence-electron chi connectivity index (χ3n) is 3.73. The third-order valence-corrected chi connectivity index (χ3v) is 3.73. The van der Waals surface area contributed by atoms with E-state index in [1.54, 1.807) is 42.1 Å². The van der Waals surface area contributed by atoms with Crippen LogP contribution in [0.25, 0.3) is 5.82 Å². The first-order valence-electron chi connectivity index (χ1n) is 7.68. The molecule has 3 heterocycles. The number of rotatable bonds is 5. The van der Waals surface area contributed by atoms with Gasteiger partial charge in [0.25, 0.3) is 5.91 Å². The van der Waals surface area contributed by atoms with Crippen LogP contribution in [0.15, 0.2) is 53.6 Å². The van der Waals surface area contributed by atoms with Gasteiger partial charge < -0.3 is 15.4 Å². The predicted molar refractivity (Wildman–Crippen MR) is 90.5 cm³/mol. The second-order valence-corrected chi connectivity index (χ2v) is 5.44. The van der Waals surface area contributed by atoms with Gasteiger partial charge in [-0.3, -0.25) is 9.59 Å². The summed E-state index contributed by atoms with van der Waals surface area (Å²) in [7, 11) is 0. The van der Waals surface area contributed by atoms with Crippen molar-refractivity contribution in [1.82, 2.24) is 25.1 Å². The minimum atomic E-state index is -1.01. The Morgan fingerprint density at radius 3 is 2.88 bits per heavy atom. The number of carbonyl (C=O) groups excluding carboxylic acids is 1. The Kier molecular flexibility index (Phi) is 4.71. The van der Waals surface area contributed by atoms with Crippen LogP contribution >= 0.6 is 0 Å². The van der Waals surface area contributed by atoms with Gasteiger partial charge in [0.15, 0.2) is 5.82 Å². The number of aliphatic hydroxyl groups excluding tert-OH is 1. The van der Waals surface area contributed by atoms with Crippen LogP contribution in [-0.2, 0) is 0 Å². The van der Waals surface area contributed by atoms with Crippen LogP contribution in [0.4, 0.5) is 0 Å². The van der Waals surface area contributed by atoms with Gasteiger partial charge in [-0.15, -0.1) is 0 Å². The number of amides is 1. The van der Waals surface area contributed by atoms with Crippen molar-refractivity contribution in [3.05, 3.63) is 76.1 Å². The summed E-state index contributed by atoms with van der Waals surface area (Å²) in [6.07, 6.45) is 2.09. The van der Waals surface area contributed by atoms with Gasteiger partial charge >= 0.3 is 0 Å². The minimum Gasteiger partial charge on any atom is -0.385 e. The maximum atomic E-state index is 12.3. The average molecular weight is 339 g/mol. The normalized spacial score (nSPS) is 11.9. The molecule has 25 heavy (non-hydrogen) atoms. The topological polar surface area (TPSA) is 113 Å².